The van der Waals surface area contributed by atoms with Crippen LogP contribution in [0.25, 0.3) is 5.57 Å². The van der Waals surface area contributed by atoms with E-state index in [0.29, 0.717) is 17.5 Å². The average Bonchev–Trinajstić information content (AvgIpc) is 3.33. The van der Waals surface area contributed by atoms with Crippen LogP contribution >= 0.6 is 11.6 Å². The molecule has 0 fully saturated rings. The smallest absolute Gasteiger partial charge is 0.369 e. The lowest BCUT2D eigenvalue weighted by atomic mass is 9.88. The second kappa shape index (κ2) is 10.4. The largest absolute Gasteiger partial charge is 0.431 e. The third-order valence-corrected chi connectivity index (χ3v) is 8.99. The number of nitrogens with zero attached hydrogens (tertiary/aromatic N) is 3. The second-order valence-electron chi connectivity index (χ2n) is 9.13. The number of halogens is 7. The number of benzene rings is 2. The van der Waals surface area contributed by atoms with Crippen LogP contribution in [-0.2, 0) is 10.0 Å². The third-order valence-electron chi connectivity index (χ3n) is 6.82. The van der Waals surface area contributed by atoms with Crippen LogP contribution < -0.4 is 5.01 Å². The van der Waals surface area contributed by atoms with Gasteiger partial charge in [-0.25, -0.2) is 8.42 Å². The van der Waals surface area contributed by atoms with E-state index < -0.39 is 46.2 Å². The molecule has 212 valence electrons. The summed E-state index contributed by atoms with van der Waals surface area (Å²) in [4.78, 5) is 0. The molecule has 2 aliphatic rings. The molecule has 1 atom stereocenters. The zero-order valence-corrected chi connectivity index (χ0v) is 22.0. The predicted octanol–water partition coefficient (Wildman–Crippen LogP) is 5.94. The lowest BCUT2D eigenvalue weighted by molar-refractivity contribution is -0.338. The van der Waals surface area contributed by atoms with Crippen LogP contribution in [0.2, 0.25) is 5.02 Å². The van der Waals surface area contributed by atoms with Gasteiger partial charge in [-0.3, -0.25) is 5.01 Å². The molecule has 4 rings (SSSR count). The number of hydrazone groups is 1. The van der Waals surface area contributed by atoms with E-state index in [4.69, 9.17) is 11.6 Å². The molecule has 6 nitrogen and oxygen atoms in total. The fraction of sp³-hybridized carbons (Fsp3) is 0.400. The van der Waals surface area contributed by atoms with Gasteiger partial charge in [0.25, 0.3) is 5.60 Å². The minimum Gasteiger partial charge on any atom is -0.369 e. The van der Waals surface area contributed by atoms with Crippen molar-refractivity contribution in [3.05, 3.63) is 70.8 Å². The zero-order chi connectivity index (χ0) is 28.8. The molecule has 1 unspecified atom stereocenters. The Morgan fingerprint density at radius 2 is 1.72 bits per heavy atom. The first-order valence-corrected chi connectivity index (χ1v) is 13.8. The lowest BCUT2D eigenvalue weighted by Gasteiger charge is -2.32. The van der Waals surface area contributed by atoms with E-state index >= 15 is 0 Å². The molecule has 0 aromatic heterocycles. The molecule has 0 bridgehead atoms. The van der Waals surface area contributed by atoms with Gasteiger partial charge in [0.2, 0.25) is 10.0 Å². The molecule has 0 spiro atoms. The number of sulfonamides is 1. The summed E-state index contributed by atoms with van der Waals surface area (Å²) in [7, 11) is -3.39. The predicted molar refractivity (Wildman–Crippen MR) is 136 cm³/mol. The molecule has 0 saturated heterocycles. The van der Waals surface area contributed by atoms with Crippen LogP contribution in [-0.4, -0.2) is 60.3 Å². The Morgan fingerprint density at radius 1 is 1.05 bits per heavy atom. The maximum Gasteiger partial charge on any atom is 0.431 e. The lowest BCUT2D eigenvalue weighted by Crippen LogP contribution is -2.62. The number of rotatable bonds is 6. The minimum absolute atomic E-state index is 0.0402. The molecule has 2 aromatic carbocycles. The number of alkyl halides is 6. The summed E-state index contributed by atoms with van der Waals surface area (Å²) < 4.78 is 108. The van der Waals surface area contributed by atoms with E-state index in [9.17, 15) is 39.9 Å². The molecular formula is C25H24ClF6N3O3S. The number of para-hydroxylation sites is 1. The van der Waals surface area contributed by atoms with Gasteiger partial charge >= 0.3 is 12.4 Å². The van der Waals surface area contributed by atoms with Gasteiger partial charge in [-0.05, 0) is 48.2 Å². The standard InChI is InChI=1S/C25H24ClF6N3O3S/c1-2-39(37,38)34-12-10-16(11-13-34)17-6-5-7-18(14-17)21-15-22(23(36,24(27,28)29)25(30,31)32)33-35(21)20-9-4-3-8-19(20)26/h3-10,14,21,36H,2,11-13,15H2,1H3. The van der Waals surface area contributed by atoms with Crippen molar-refractivity contribution in [2.24, 2.45) is 5.10 Å². The molecule has 0 saturated carbocycles. The summed E-state index contributed by atoms with van der Waals surface area (Å²) in [6.07, 6.45) is -10.9. The molecular weight excluding hydrogens is 572 g/mol. The van der Waals surface area contributed by atoms with Crippen molar-refractivity contribution in [1.29, 1.82) is 0 Å². The Hall–Kier alpha value is -2.61. The van der Waals surface area contributed by atoms with E-state index in [2.05, 4.69) is 5.10 Å². The zero-order valence-electron chi connectivity index (χ0n) is 20.5. The number of hydrogen-bond acceptors (Lipinski definition) is 5. The van der Waals surface area contributed by atoms with Crippen molar-refractivity contribution >= 4 is 38.6 Å². The molecule has 39 heavy (non-hydrogen) atoms. The second-order valence-corrected chi connectivity index (χ2v) is 11.8. The van der Waals surface area contributed by atoms with E-state index in [0.717, 1.165) is 10.6 Å². The Balaban J connectivity index is 1.75. The first-order chi connectivity index (χ1) is 18.1. The van der Waals surface area contributed by atoms with Crippen LogP contribution in [0.4, 0.5) is 32.0 Å². The summed E-state index contributed by atoms with van der Waals surface area (Å²) in [6, 6.07) is 11.2. The first kappa shape index (κ1) is 29.4. The fourth-order valence-corrected chi connectivity index (χ4v) is 5.89. The molecule has 14 heteroatoms. The van der Waals surface area contributed by atoms with Gasteiger partial charge in [0.1, 0.15) is 0 Å². The normalized spacial score (nSPS) is 19.7. The Morgan fingerprint density at radius 3 is 2.28 bits per heavy atom. The van der Waals surface area contributed by atoms with Crippen LogP contribution in [0.5, 0.6) is 0 Å². The Kier molecular flexibility index (Phi) is 7.85. The van der Waals surface area contributed by atoms with Crippen molar-refractivity contribution in [3.63, 3.8) is 0 Å². The van der Waals surface area contributed by atoms with Gasteiger partial charge in [-0.15, -0.1) is 0 Å². The van der Waals surface area contributed by atoms with Crippen molar-refractivity contribution in [1.82, 2.24) is 4.31 Å². The molecule has 0 radical (unpaired) electrons. The number of hydrogen-bond donors (Lipinski definition) is 1. The van der Waals surface area contributed by atoms with Gasteiger partial charge in [0.05, 0.1) is 28.2 Å². The van der Waals surface area contributed by atoms with Crippen molar-refractivity contribution < 1.29 is 39.9 Å². The van der Waals surface area contributed by atoms with Gasteiger partial charge in [0, 0.05) is 19.5 Å². The maximum atomic E-state index is 13.7. The fourth-order valence-electron chi connectivity index (χ4n) is 4.63. The average molecular weight is 596 g/mol. The van der Waals surface area contributed by atoms with Gasteiger partial charge < -0.3 is 5.11 Å². The highest BCUT2D eigenvalue weighted by atomic mass is 35.5. The number of anilines is 1. The van der Waals surface area contributed by atoms with Crippen LogP contribution in [0.1, 0.15) is 36.9 Å². The van der Waals surface area contributed by atoms with Crippen LogP contribution in [0.15, 0.2) is 59.7 Å². The van der Waals surface area contributed by atoms with Crippen LogP contribution in [0.3, 0.4) is 0 Å². The molecule has 1 N–H and O–H groups in total. The first-order valence-electron chi connectivity index (χ1n) is 11.8. The summed E-state index contributed by atoms with van der Waals surface area (Å²) in [5.41, 5.74) is -4.85. The number of aliphatic hydroxyl groups is 1. The summed E-state index contributed by atoms with van der Waals surface area (Å²) >= 11 is 6.23. The highest BCUT2D eigenvalue weighted by molar-refractivity contribution is 7.89. The topological polar surface area (TPSA) is 73.2 Å². The van der Waals surface area contributed by atoms with E-state index in [-0.39, 0.29) is 29.6 Å². The Labute approximate surface area is 226 Å². The van der Waals surface area contributed by atoms with E-state index in [1.54, 1.807) is 37.3 Å². The van der Waals surface area contributed by atoms with Gasteiger partial charge in [0.15, 0.2) is 0 Å². The molecule has 2 aromatic rings. The van der Waals surface area contributed by atoms with E-state index in [1.165, 1.54) is 28.6 Å². The Bertz CT molecular complexity index is 1390. The minimum atomic E-state index is -6.08. The van der Waals surface area contributed by atoms with Gasteiger partial charge in [-0.2, -0.15) is 35.7 Å². The summed E-state index contributed by atoms with van der Waals surface area (Å²) in [5, 5.41) is 14.7. The summed E-state index contributed by atoms with van der Waals surface area (Å²) in [6.45, 7) is 1.92. The summed E-state index contributed by atoms with van der Waals surface area (Å²) in [5.74, 6) is -0.0459. The highest BCUT2D eigenvalue weighted by Crippen LogP contribution is 2.49. The monoisotopic (exact) mass is 595 g/mol. The van der Waals surface area contributed by atoms with Crippen molar-refractivity contribution in [3.8, 4) is 0 Å². The van der Waals surface area contributed by atoms with Gasteiger partial charge in [-0.1, -0.05) is 48.0 Å². The molecule has 2 heterocycles. The third kappa shape index (κ3) is 5.41. The van der Waals surface area contributed by atoms with Crippen molar-refractivity contribution in [2.45, 2.75) is 43.8 Å². The molecule has 2 aliphatic heterocycles. The van der Waals surface area contributed by atoms with Crippen molar-refractivity contribution in [2.75, 3.05) is 23.9 Å². The highest BCUT2D eigenvalue weighted by Gasteiger charge is 2.74. The molecule has 0 amide bonds. The quantitative estimate of drug-likeness (QED) is 0.420. The molecule has 0 aliphatic carbocycles. The SMILES string of the molecule is CCS(=O)(=O)N1CC=C(c2cccc(C3CC(C(O)(C(F)(F)F)C(F)(F)F)=NN3c3ccccc3Cl)c2)CC1. The maximum absolute atomic E-state index is 13.7. The van der Waals surface area contributed by atoms with Crippen LogP contribution in [0, 0.1) is 0 Å². The van der Waals surface area contributed by atoms with E-state index in [1.807, 2.05) is 0 Å².